The Kier molecular flexibility index (Phi) is 8.52. The highest BCUT2D eigenvalue weighted by molar-refractivity contribution is 7.79. The van der Waals surface area contributed by atoms with Gasteiger partial charge in [-0.15, -0.1) is 0 Å². The van der Waals surface area contributed by atoms with Crippen molar-refractivity contribution in [3.05, 3.63) is 29.3 Å². The molecule has 1 fully saturated rings. The van der Waals surface area contributed by atoms with Gasteiger partial charge in [-0.1, -0.05) is 52.3 Å². The van der Waals surface area contributed by atoms with Crippen molar-refractivity contribution < 1.29 is 8.76 Å². The maximum Gasteiger partial charge on any atom is 0.186 e. The summed E-state index contributed by atoms with van der Waals surface area (Å²) in [4.78, 5) is 0.517. The van der Waals surface area contributed by atoms with Gasteiger partial charge in [0.05, 0.1) is 4.90 Å². The second-order valence-corrected chi connectivity index (χ2v) is 8.00. The molecule has 128 valence electrons. The van der Waals surface area contributed by atoms with Crippen LogP contribution in [-0.4, -0.2) is 20.8 Å². The molecule has 1 aromatic carbocycles. The average Bonchev–Trinajstić information content (AvgIpc) is 2.39. The van der Waals surface area contributed by atoms with Gasteiger partial charge < -0.3 is 9.87 Å². The lowest BCUT2D eigenvalue weighted by atomic mass is 9.86. The zero-order chi connectivity index (χ0) is 17.6. The largest absolute Gasteiger partial charge is 0.312 e. The van der Waals surface area contributed by atoms with Crippen molar-refractivity contribution in [1.29, 1.82) is 0 Å². The van der Waals surface area contributed by atoms with Crippen molar-refractivity contribution >= 4 is 11.1 Å². The van der Waals surface area contributed by atoms with Gasteiger partial charge in [0.25, 0.3) is 0 Å². The van der Waals surface area contributed by atoms with Crippen LogP contribution in [0.15, 0.2) is 23.1 Å². The summed E-state index contributed by atoms with van der Waals surface area (Å²) < 4.78 is 20.2. The van der Waals surface area contributed by atoms with Crippen molar-refractivity contribution in [3.8, 4) is 0 Å². The molecule has 1 aromatic rings. The van der Waals surface area contributed by atoms with E-state index in [1.165, 1.54) is 13.0 Å². The summed E-state index contributed by atoms with van der Waals surface area (Å²) in [5.41, 5.74) is 2.43. The number of hydrogen-bond acceptors (Lipinski definition) is 2. The van der Waals surface area contributed by atoms with E-state index in [1.807, 2.05) is 53.7 Å². The Balaban J connectivity index is 0.000000457. The van der Waals surface area contributed by atoms with Crippen LogP contribution in [0.4, 0.5) is 0 Å². The molecule has 0 aromatic heterocycles. The highest BCUT2D eigenvalue weighted by Crippen LogP contribution is 2.28. The minimum atomic E-state index is -1.90. The summed E-state index contributed by atoms with van der Waals surface area (Å²) in [6, 6.07) is 5.56. The number of nitrogens with one attached hydrogen (secondary N) is 1. The Labute approximate surface area is 139 Å². The van der Waals surface area contributed by atoms with E-state index in [4.69, 9.17) is 4.55 Å². The van der Waals surface area contributed by atoms with E-state index in [0.717, 1.165) is 11.1 Å². The van der Waals surface area contributed by atoms with Crippen LogP contribution in [0.3, 0.4) is 0 Å². The molecule has 0 radical (unpaired) electrons. The van der Waals surface area contributed by atoms with Crippen LogP contribution < -0.4 is 5.32 Å². The van der Waals surface area contributed by atoms with E-state index in [9.17, 15) is 4.21 Å². The Hall–Kier alpha value is -0.710. The molecule has 2 N–H and O–H groups in total. The molecule has 0 spiro atoms. The summed E-state index contributed by atoms with van der Waals surface area (Å²) in [6.45, 7) is 17.8. The molecule has 22 heavy (non-hydrogen) atoms. The predicted octanol–water partition coefficient (Wildman–Crippen LogP) is 4.66. The Morgan fingerprint density at radius 3 is 1.95 bits per heavy atom. The van der Waals surface area contributed by atoms with Gasteiger partial charge in [0.15, 0.2) is 11.1 Å². The molecule has 0 saturated carbocycles. The fourth-order valence-corrected chi connectivity index (χ4v) is 2.74. The molecule has 0 bridgehead atoms. The maximum absolute atomic E-state index is 11.1. The fraction of sp³-hybridized carbons (Fsp3) is 0.667. The van der Waals surface area contributed by atoms with E-state index >= 15 is 0 Å². The van der Waals surface area contributed by atoms with Gasteiger partial charge in [-0.3, -0.25) is 0 Å². The molecule has 0 amide bonds. The highest BCUT2D eigenvalue weighted by atomic mass is 32.2. The number of hydrogen-bond donors (Lipinski definition) is 2. The van der Waals surface area contributed by atoms with Crippen LogP contribution in [0.1, 0.15) is 66.0 Å². The summed E-state index contributed by atoms with van der Waals surface area (Å²) in [6.07, 6.45) is 1.34. The standard InChI is InChI=1S/C11H16O2S.C5H11N.C2H6/c1-8-5-6-10(14(12)13)9(7-8)11(2,3)4;1-5(2)3-4-6-5;1-2/h5-7H,1-4H3,(H,12,13);6H,3-4H2,1-2H3;1-2H3. The first-order valence-electron chi connectivity index (χ1n) is 8.00. The van der Waals surface area contributed by atoms with Crippen molar-refractivity contribution in [1.82, 2.24) is 5.32 Å². The first-order chi connectivity index (χ1) is 10.0. The molecule has 1 atom stereocenters. The SMILES string of the molecule is CC.CC1(C)CCN1.Cc1ccc(S(=O)O)c(C(C)(C)C)c1. The van der Waals surface area contributed by atoms with Gasteiger partial charge in [-0.25, -0.2) is 4.21 Å². The zero-order valence-electron chi connectivity index (χ0n) is 15.4. The van der Waals surface area contributed by atoms with Crippen LogP contribution in [0.2, 0.25) is 0 Å². The minimum absolute atomic E-state index is 0.0975. The first-order valence-corrected chi connectivity index (χ1v) is 9.11. The third kappa shape index (κ3) is 7.03. The lowest BCUT2D eigenvalue weighted by Crippen LogP contribution is -2.51. The molecule has 2 rings (SSSR count). The van der Waals surface area contributed by atoms with Gasteiger partial charge in [0.1, 0.15) is 0 Å². The lowest BCUT2D eigenvalue weighted by molar-refractivity contribution is 0.260. The summed E-state index contributed by atoms with van der Waals surface area (Å²) >= 11 is -1.90. The van der Waals surface area contributed by atoms with Crippen molar-refractivity contribution in [3.63, 3.8) is 0 Å². The fourth-order valence-electron chi connectivity index (χ4n) is 2.01. The predicted molar refractivity (Wildman–Crippen MR) is 97.0 cm³/mol. The van der Waals surface area contributed by atoms with Crippen molar-refractivity contribution in [2.24, 2.45) is 0 Å². The normalized spacial score (nSPS) is 17.1. The highest BCUT2D eigenvalue weighted by Gasteiger charge is 2.23. The molecular formula is C18H33NO2S. The van der Waals surface area contributed by atoms with Gasteiger partial charge in [0, 0.05) is 5.54 Å². The van der Waals surface area contributed by atoms with Gasteiger partial charge in [-0.2, -0.15) is 0 Å². The smallest absolute Gasteiger partial charge is 0.186 e. The molecule has 1 unspecified atom stereocenters. The summed E-state index contributed by atoms with van der Waals surface area (Å²) in [5, 5.41) is 3.28. The third-order valence-electron chi connectivity index (χ3n) is 3.48. The molecule has 1 aliphatic heterocycles. The molecule has 3 nitrogen and oxygen atoms in total. The Morgan fingerprint density at radius 1 is 1.23 bits per heavy atom. The van der Waals surface area contributed by atoms with Crippen LogP contribution in [0, 0.1) is 6.92 Å². The van der Waals surface area contributed by atoms with E-state index in [0.29, 0.717) is 10.4 Å². The lowest BCUT2D eigenvalue weighted by Gasteiger charge is -2.35. The molecule has 1 saturated heterocycles. The maximum atomic E-state index is 11.1. The molecule has 1 aliphatic rings. The molecular weight excluding hydrogens is 294 g/mol. The molecule has 4 heteroatoms. The molecule has 0 aliphatic carbocycles. The van der Waals surface area contributed by atoms with Crippen LogP contribution >= 0.6 is 0 Å². The average molecular weight is 328 g/mol. The van der Waals surface area contributed by atoms with Crippen LogP contribution in [0.5, 0.6) is 0 Å². The van der Waals surface area contributed by atoms with Crippen LogP contribution in [0.25, 0.3) is 0 Å². The second-order valence-electron chi connectivity index (χ2n) is 7.06. The zero-order valence-corrected chi connectivity index (χ0v) is 16.2. The number of aryl methyl sites for hydroxylation is 1. The van der Waals surface area contributed by atoms with E-state index < -0.39 is 11.1 Å². The van der Waals surface area contributed by atoms with Crippen molar-refractivity contribution in [2.75, 3.05) is 6.54 Å². The quantitative estimate of drug-likeness (QED) is 0.738. The monoisotopic (exact) mass is 327 g/mol. The number of rotatable bonds is 1. The molecule has 1 heterocycles. The Bertz CT molecular complexity index is 484. The topological polar surface area (TPSA) is 49.3 Å². The number of benzene rings is 1. The van der Waals surface area contributed by atoms with Gasteiger partial charge in [-0.05, 0) is 50.8 Å². The first kappa shape index (κ1) is 21.3. The van der Waals surface area contributed by atoms with Crippen molar-refractivity contribution in [2.45, 2.75) is 77.7 Å². The Morgan fingerprint density at radius 2 is 1.68 bits per heavy atom. The van der Waals surface area contributed by atoms with E-state index in [-0.39, 0.29) is 5.41 Å². The van der Waals surface area contributed by atoms with E-state index in [1.54, 1.807) is 6.07 Å². The summed E-state index contributed by atoms with van der Waals surface area (Å²) in [7, 11) is 0. The third-order valence-corrected chi connectivity index (χ3v) is 4.22. The minimum Gasteiger partial charge on any atom is -0.312 e. The summed E-state index contributed by atoms with van der Waals surface area (Å²) in [5.74, 6) is 0. The van der Waals surface area contributed by atoms with E-state index in [2.05, 4.69) is 19.2 Å². The second kappa shape index (κ2) is 8.80. The van der Waals surface area contributed by atoms with Gasteiger partial charge in [0.2, 0.25) is 0 Å². The van der Waals surface area contributed by atoms with Gasteiger partial charge >= 0.3 is 0 Å². The van der Waals surface area contributed by atoms with Crippen LogP contribution in [-0.2, 0) is 16.5 Å².